The molecule has 0 heterocycles. The topological polar surface area (TPSA) is 63.3 Å². The zero-order valence-corrected chi connectivity index (χ0v) is 7.47. The maximum Gasteiger partial charge on any atom is 0.317 e. The molecule has 0 aromatic heterocycles. The predicted molar refractivity (Wildman–Crippen MR) is 46.5 cm³/mol. The average Bonchev–Trinajstić information content (AvgIpc) is 2.02. The van der Waals surface area contributed by atoms with Gasteiger partial charge < -0.3 is 10.8 Å². The molecule has 3 nitrogen and oxygen atoms in total. The van der Waals surface area contributed by atoms with Crippen LogP contribution in [-0.2, 0) is 4.79 Å². The molecule has 0 aliphatic rings. The van der Waals surface area contributed by atoms with Crippen LogP contribution in [-0.4, -0.2) is 17.6 Å². The van der Waals surface area contributed by atoms with Gasteiger partial charge >= 0.3 is 5.97 Å². The normalized spacial score (nSPS) is 8.27. The summed E-state index contributed by atoms with van der Waals surface area (Å²) in [7, 11) is 0. The Morgan fingerprint density at radius 3 is 1.64 bits per heavy atom. The van der Waals surface area contributed by atoms with E-state index in [4.69, 9.17) is 5.11 Å². The van der Waals surface area contributed by atoms with Gasteiger partial charge in [0.1, 0.15) is 0 Å². The Morgan fingerprint density at radius 2 is 1.55 bits per heavy atom. The Kier molecular flexibility index (Phi) is 14.4. The highest BCUT2D eigenvalue weighted by molar-refractivity contribution is 5.68. The predicted octanol–water partition coefficient (Wildman–Crippen LogP) is 1.62. The summed E-state index contributed by atoms with van der Waals surface area (Å²) in [4.78, 5) is 9.24. The molecule has 3 heteroatoms. The minimum absolute atomic E-state index is 0.278. The fourth-order valence-electron chi connectivity index (χ4n) is 0.500. The molecular weight excluding hydrogens is 142 g/mol. The van der Waals surface area contributed by atoms with Gasteiger partial charge in [-0.15, -0.1) is 0 Å². The van der Waals surface area contributed by atoms with Crippen molar-refractivity contribution in [2.45, 2.75) is 39.5 Å². The van der Waals surface area contributed by atoms with Gasteiger partial charge in [0.25, 0.3) is 0 Å². The second-order valence-electron chi connectivity index (χ2n) is 2.30. The van der Waals surface area contributed by atoms with E-state index in [0.717, 1.165) is 0 Å². The molecule has 11 heavy (non-hydrogen) atoms. The van der Waals surface area contributed by atoms with Crippen LogP contribution >= 0.6 is 0 Å². The van der Waals surface area contributed by atoms with E-state index >= 15 is 0 Å². The van der Waals surface area contributed by atoms with Crippen molar-refractivity contribution in [2.24, 2.45) is 5.73 Å². The van der Waals surface area contributed by atoms with Crippen molar-refractivity contribution in [3.05, 3.63) is 0 Å². The number of aliphatic carboxylic acids is 1. The second-order valence-corrected chi connectivity index (χ2v) is 2.30. The highest BCUT2D eigenvalue weighted by Gasteiger charge is 1.81. The molecule has 0 bridgehead atoms. The number of nitrogens with two attached hydrogens (primary N) is 1. The van der Waals surface area contributed by atoms with Gasteiger partial charge in [-0.1, -0.05) is 39.5 Å². The summed E-state index contributed by atoms with van der Waals surface area (Å²) in [6.07, 6.45) is 5.54. The molecule has 0 saturated carbocycles. The van der Waals surface area contributed by atoms with Crippen LogP contribution in [0.25, 0.3) is 0 Å². The third-order valence-electron chi connectivity index (χ3n) is 1.13. The summed E-state index contributed by atoms with van der Waals surface area (Å²) >= 11 is 0. The van der Waals surface area contributed by atoms with E-state index < -0.39 is 5.97 Å². The lowest BCUT2D eigenvalue weighted by molar-refractivity contribution is -0.135. The average molecular weight is 161 g/mol. The summed E-state index contributed by atoms with van der Waals surface area (Å²) in [6.45, 7) is 4.19. The molecule has 0 fully saturated rings. The van der Waals surface area contributed by atoms with Crippen molar-refractivity contribution in [1.29, 1.82) is 0 Å². The van der Waals surface area contributed by atoms with Crippen LogP contribution in [0.5, 0.6) is 0 Å². The molecule has 68 valence electrons. The minimum Gasteiger partial charge on any atom is -0.480 e. The van der Waals surface area contributed by atoms with Gasteiger partial charge in [-0.05, 0) is 0 Å². The standard InChI is InChI=1S/C6H14.C2H5NO2/c1-3-5-6-4-2;3-1-2(4)5/h3-6H2,1-2H3;1,3H2,(H,4,5). The molecule has 0 rings (SSSR count). The van der Waals surface area contributed by atoms with Crippen molar-refractivity contribution >= 4 is 5.97 Å². The first-order valence-electron chi connectivity index (χ1n) is 4.10. The van der Waals surface area contributed by atoms with Crippen LogP contribution in [0, 0.1) is 0 Å². The monoisotopic (exact) mass is 161 g/mol. The van der Waals surface area contributed by atoms with E-state index in [9.17, 15) is 4.79 Å². The van der Waals surface area contributed by atoms with Gasteiger partial charge in [0, 0.05) is 0 Å². The third-order valence-corrected chi connectivity index (χ3v) is 1.13. The number of carboxylic acid groups (broad SMARTS) is 1. The van der Waals surface area contributed by atoms with E-state index in [1.54, 1.807) is 0 Å². The van der Waals surface area contributed by atoms with Crippen LogP contribution in [0.4, 0.5) is 0 Å². The molecule has 0 aromatic rings. The molecule has 0 atom stereocenters. The molecule has 0 radical (unpaired) electrons. The number of unbranched alkanes of at least 4 members (excludes halogenated alkanes) is 3. The summed E-state index contributed by atoms with van der Waals surface area (Å²) in [6, 6.07) is 0. The maximum absolute atomic E-state index is 9.24. The van der Waals surface area contributed by atoms with Crippen molar-refractivity contribution < 1.29 is 9.90 Å². The van der Waals surface area contributed by atoms with Gasteiger partial charge in [-0.3, -0.25) is 4.79 Å². The summed E-state index contributed by atoms with van der Waals surface area (Å²) in [5.41, 5.74) is 4.57. The fourth-order valence-corrected chi connectivity index (χ4v) is 0.500. The van der Waals surface area contributed by atoms with Crippen molar-refractivity contribution in [3.8, 4) is 0 Å². The van der Waals surface area contributed by atoms with Crippen molar-refractivity contribution in [2.75, 3.05) is 6.54 Å². The Bertz CT molecular complexity index is 80.2. The van der Waals surface area contributed by atoms with Crippen LogP contribution in [0.2, 0.25) is 0 Å². The van der Waals surface area contributed by atoms with Gasteiger partial charge in [0.05, 0.1) is 6.54 Å². The lowest BCUT2D eigenvalue weighted by Gasteiger charge is -1.86. The molecule has 0 spiro atoms. The molecule has 0 unspecified atom stereocenters. The summed E-state index contributed by atoms with van der Waals surface area (Å²) in [5, 5.41) is 7.60. The third kappa shape index (κ3) is 26.5. The number of carbonyl (C=O) groups is 1. The lowest BCUT2D eigenvalue weighted by atomic mass is 10.2. The summed E-state index contributed by atoms with van der Waals surface area (Å²) in [5.74, 6) is -0.968. The SMILES string of the molecule is CCCCCC.NCC(=O)O. The zero-order chi connectivity index (χ0) is 9.11. The number of hydrogen-bond donors (Lipinski definition) is 2. The number of hydrogen-bond acceptors (Lipinski definition) is 2. The molecule has 0 aliphatic carbocycles. The van der Waals surface area contributed by atoms with Crippen LogP contribution in [0.15, 0.2) is 0 Å². The van der Waals surface area contributed by atoms with Gasteiger partial charge in [0.15, 0.2) is 0 Å². The second kappa shape index (κ2) is 12.1. The van der Waals surface area contributed by atoms with Gasteiger partial charge in [0.2, 0.25) is 0 Å². The first-order chi connectivity index (χ1) is 5.18. The lowest BCUT2D eigenvalue weighted by Crippen LogP contribution is -2.10. The first-order valence-corrected chi connectivity index (χ1v) is 4.10. The number of carboxylic acids is 1. The highest BCUT2D eigenvalue weighted by Crippen LogP contribution is 1.95. The Morgan fingerprint density at radius 1 is 1.27 bits per heavy atom. The highest BCUT2D eigenvalue weighted by atomic mass is 16.4. The van der Waals surface area contributed by atoms with E-state index in [-0.39, 0.29) is 6.54 Å². The van der Waals surface area contributed by atoms with Gasteiger partial charge in [-0.25, -0.2) is 0 Å². The molecule has 0 aromatic carbocycles. The summed E-state index contributed by atoms with van der Waals surface area (Å²) < 4.78 is 0. The maximum atomic E-state index is 9.24. The molecule has 0 saturated heterocycles. The van der Waals surface area contributed by atoms with E-state index in [1.807, 2.05) is 0 Å². The van der Waals surface area contributed by atoms with Crippen molar-refractivity contribution in [3.63, 3.8) is 0 Å². The van der Waals surface area contributed by atoms with Crippen LogP contribution in [0.3, 0.4) is 0 Å². The fraction of sp³-hybridized carbons (Fsp3) is 0.875. The van der Waals surface area contributed by atoms with E-state index in [1.165, 1.54) is 25.7 Å². The first kappa shape index (κ1) is 13.1. The molecule has 0 amide bonds. The van der Waals surface area contributed by atoms with Gasteiger partial charge in [-0.2, -0.15) is 0 Å². The van der Waals surface area contributed by atoms with Crippen LogP contribution in [0.1, 0.15) is 39.5 Å². The van der Waals surface area contributed by atoms with Crippen molar-refractivity contribution in [1.82, 2.24) is 0 Å². The van der Waals surface area contributed by atoms with Crippen LogP contribution < -0.4 is 5.73 Å². The number of rotatable bonds is 4. The Labute approximate surface area is 68.6 Å². The molecule has 0 aliphatic heterocycles. The Balaban J connectivity index is 0. The van der Waals surface area contributed by atoms with E-state index in [0.29, 0.717) is 0 Å². The smallest absolute Gasteiger partial charge is 0.317 e. The quantitative estimate of drug-likeness (QED) is 0.616. The van der Waals surface area contributed by atoms with E-state index in [2.05, 4.69) is 19.6 Å². The largest absolute Gasteiger partial charge is 0.480 e. The zero-order valence-electron chi connectivity index (χ0n) is 7.47. The molecular formula is C8H19NO2. The Hall–Kier alpha value is -0.570. The minimum atomic E-state index is -0.968. The molecule has 3 N–H and O–H groups in total.